The minimum absolute atomic E-state index is 0.00432. The Morgan fingerprint density at radius 3 is 2.62 bits per heavy atom. The zero-order valence-corrected chi connectivity index (χ0v) is 16.8. The summed E-state index contributed by atoms with van der Waals surface area (Å²) in [5, 5.41) is 7.95. The number of aromatic nitrogens is 2. The summed E-state index contributed by atoms with van der Waals surface area (Å²) >= 11 is 0. The average Bonchev–Trinajstić information content (AvgIpc) is 3.35. The van der Waals surface area contributed by atoms with Crippen molar-refractivity contribution in [2.45, 2.75) is 12.8 Å². The molecule has 4 rings (SSSR count). The third-order valence-electron chi connectivity index (χ3n) is 5.13. The molecule has 0 aliphatic carbocycles. The normalized spacial score (nSPS) is 12.1. The molecule has 2 N–H and O–H groups in total. The van der Waals surface area contributed by atoms with Crippen LogP contribution in [0.15, 0.2) is 65.3 Å². The summed E-state index contributed by atoms with van der Waals surface area (Å²) in [4.78, 5) is 17.9. The van der Waals surface area contributed by atoms with Crippen LogP contribution >= 0.6 is 0 Å². The number of carbonyl (C=O) groups excluding carboxylic acids is 1. The number of aryl methyl sites for hydroxylation is 1. The first-order valence-corrected chi connectivity index (χ1v) is 9.58. The highest BCUT2D eigenvalue weighted by Crippen LogP contribution is 2.31. The number of carbonyl (C=O) groups is 1. The molecule has 2 aromatic carbocycles. The first-order valence-electron chi connectivity index (χ1n) is 9.58. The molecular formula is C23H24N4O2. The van der Waals surface area contributed by atoms with Crippen molar-refractivity contribution in [1.82, 2.24) is 15.5 Å². The molecule has 148 valence electrons. The minimum atomic E-state index is -0.264. The van der Waals surface area contributed by atoms with Gasteiger partial charge in [-0.25, -0.2) is 0 Å². The summed E-state index contributed by atoms with van der Waals surface area (Å²) < 4.78 is 5.09. The molecule has 0 aliphatic heterocycles. The van der Waals surface area contributed by atoms with Crippen LogP contribution in [0.1, 0.15) is 33.3 Å². The van der Waals surface area contributed by atoms with Gasteiger partial charge in [-0.1, -0.05) is 35.5 Å². The summed E-state index contributed by atoms with van der Waals surface area (Å²) in [6, 6.07) is 18.3. The smallest absolute Gasteiger partial charge is 0.289 e. The zero-order valence-electron chi connectivity index (χ0n) is 16.8. The Kier molecular flexibility index (Phi) is 5.08. The third-order valence-corrected chi connectivity index (χ3v) is 5.13. The molecule has 0 aliphatic rings. The molecule has 0 bridgehead atoms. The molecule has 0 saturated heterocycles. The van der Waals surface area contributed by atoms with Crippen molar-refractivity contribution in [3.05, 3.63) is 83.4 Å². The Labute approximate surface area is 169 Å². The van der Waals surface area contributed by atoms with E-state index >= 15 is 0 Å². The molecule has 1 atom stereocenters. The van der Waals surface area contributed by atoms with Gasteiger partial charge in [0, 0.05) is 55.4 Å². The van der Waals surface area contributed by atoms with Crippen LogP contribution in [-0.4, -0.2) is 36.7 Å². The van der Waals surface area contributed by atoms with Crippen LogP contribution in [0.4, 0.5) is 5.69 Å². The average molecular weight is 388 g/mol. The fourth-order valence-electron chi connectivity index (χ4n) is 3.55. The maximum absolute atomic E-state index is 12.5. The number of fused-ring (bicyclic) bond motifs is 1. The molecule has 0 radical (unpaired) electrons. The molecule has 4 aromatic rings. The van der Waals surface area contributed by atoms with Crippen molar-refractivity contribution >= 4 is 22.5 Å². The number of nitrogens with one attached hydrogen (secondary N) is 2. The maximum Gasteiger partial charge on any atom is 0.289 e. The molecule has 2 heterocycles. The van der Waals surface area contributed by atoms with Gasteiger partial charge in [0.15, 0.2) is 0 Å². The van der Waals surface area contributed by atoms with Gasteiger partial charge in [-0.15, -0.1) is 0 Å². The van der Waals surface area contributed by atoms with Crippen LogP contribution in [0, 0.1) is 6.92 Å². The number of rotatable bonds is 6. The van der Waals surface area contributed by atoms with Crippen molar-refractivity contribution in [3.63, 3.8) is 0 Å². The summed E-state index contributed by atoms with van der Waals surface area (Å²) in [6.07, 6.45) is 2.03. The number of nitrogens with zero attached hydrogens (tertiary/aromatic N) is 2. The van der Waals surface area contributed by atoms with Gasteiger partial charge in [-0.05, 0) is 36.2 Å². The van der Waals surface area contributed by atoms with Crippen LogP contribution < -0.4 is 10.2 Å². The van der Waals surface area contributed by atoms with Gasteiger partial charge in [0.25, 0.3) is 5.91 Å². The lowest BCUT2D eigenvalue weighted by Crippen LogP contribution is -2.28. The summed E-state index contributed by atoms with van der Waals surface area (Å²) in [7, 11) is 4.04. The number of aromatic amines is 1. The fraction of sp³-hybridized carbons (Fsp3) is 0.217. The number of para-hydroxylation sites is 1. The predicted octanol–water partition coefficient (Wildman–Crippen LogP) is 4.09. The van der Waals surface area contributed by atoms with Crippen LogP contribution in [0.2, 0.25) is 0 Å². The lowest BCUT2D eigenvalue weighted by molar-refractivity contribution is 0.0915. The van der Waals surface area contributed by atoms with Gasteiger partial charge >= 0.3 is 0 Å². The number of amides is 1. The predicted molar refractivity (Wildman–Crippen MR) is 114 cm³/mol. The Bertz CT molecular complexity index is 1130. The molecule has 1 amide bonds. The van der Waals surface area contributed by atoms with Crippen LogP contribution in [-0.2, 0) is 0 Å². The van der Waals surface area contributed by atoms with E-state index in [1.54, 1.807) is 13.0 Å². The van der Waals surface area contributed by atoms with Crippen molar-refractivity contribution in [2.24, 2.45) is 0 Å². The summed E-state index contributed by atoms with van der Waals surface area (Å²) in [5.74, 6) is -0.0428. The van der Waals surface area contributed by atoms with Crippen molar-refractivity contribution < 1.29 is 9.32 Å². The van der Waals surface area contributed by atoms with Crippen molar-refractivity contribution in [2.75, 3.05) is 25.5 Å². The van der Waals surface area contributed by atoms with E-state index in [1.165, 1.54) is 0 Å². The minimum Gasteiger partial charge on any atom is -0.378 e. The van der Waals surface area contributed by atoms with Gasteiger partial charge in [-0.2, -0.15) is 0 Å². The molecule has 0 spiro atoms. The van der Waals surface area contributed by atoms with Crippen LogP contribution in [0.5, 0.6) is 0 Å². The van der Waals surface area contributed by atoms with Gasteiger partial charge in [0.05, 0.1) is 5.69 Å². The lowest BCUT2D eigenvalue weighted by Gasteiger charge is -2.19. The highest BCUT2D eigenvalue weighted by molar-refractivity contribution is 5.91. The second-order valence-corrected chi connectivity index (χ2v) is 7.37. The monoisotopic (exact) mass is 388 g/mol. The first kappa shape index (κ1) is 18.8. The Balaban J connectivity index is 1.66. The molecule has 6 heteroatoms. The zero-order chi connectivity index (χ0) is 20.4. The van der Waals surface area contributed by atoms with E-state index in [1.807, 2.05) is 32.4 Å². The number of H-pyrrole nitrogens is 1. The fourth-order valence-corrected chi connectivity index (χ4v) is 3.55. The second kappa shape index (κ2) is 7.83. The van der Waals surface area contributed by atoms with E-state index in [9.17, 15) is 4.79 Å². The van der Waals surface area contributed by atoms with Crippen molar-refractivity contribution in [3.8, 4) is 0 Å². The summed E-state index contributed by atoms with van der Waals surface area (Å²) in [5.41, 5.74) is 5.17. The highest BCUT2D eigenvalue weighted by Gasteiger charge is 2.20. The second-order valence-electron chi connectivity index (χ2n) is 7.37. The van der Waals surface area contributed by atoms with Gasteiger partial charge in [0.2, 0.25) is 5.76 Å². The topological polar surface area (TPSA) is 74.2 Å². The molecular weight excluding hydrogens is 364 g/mol. The molecule has 0 unspecified atom stereocenters. The highest BCUT2D eigenvalue weighted by atomic mass is 16.5. The van der Waals surface area contributed by atoms with Crippen LogP contribution in [0.3, 0.4) is 0 Å². The molecule has 0 fully saturated rings. The van der Waals surface area contributed by atoms with E-state index in [0.717, 1.165) is 27.7 Å². The Morgan fingerprint density at radius 1 is 1.17 bits per heavy atom. The maximum atomic E-state index is 12.5. The standard InChI is InChI=1S/C23H24N4O2/c1-15-12-22(29-26-15)23(28)25-13-19(16-8-10-17(11-9-16)27(2)3)20-14-24-21-7-5-4-6-18(20)21/h4-12,14,19,24H,13H2,1-3H3,(H,25,28)/t19-/m0/s1. The SMILES string of the molecule is Cc1cc(C(=O)NC[C@@H](c2ccc(N(C)C)cc2)c2c[nH]c3ccccc23)on1. The number of anilines is 1. The Morgan fingerprint density at radius 2 is 1.93 bits per heavy atom. The quantitative estimate of drug-likeness (QED) is 0.522. The summed E-state index contributed by atoms with van der Waals surface area (Å²) in [6.45, 7) is 2.24. The van der Waals surface area contributed by atoms with Gasteiger partial charge < -0.3 is 19.7 Å². The van der Waals surface area contributed by atoms with E-state index in [2.05, 4.69) is 56.8 Å². The largest absolute Gasteiger partial charge is 0.378 e. The van der Waals surface area contributed by atoms with Gasteiger partial charge in [-0.3, -0.25) is 4.79 Å². The van der Waals surface area contributed by atoms with Gasteiger partial charge in [0.1, 0.15) is 0 Å². The lowest BCUT2D eigenvalue weighted by atomic mass is 9.90. The van der Waals surface area contributed by atoms with E-state index in [0.29, 0.717) is 12.2 Å². The van der Waals surface area contributed by atoms with Crippen molar-refractivity contribution in [1.29, 1.82) is 0 Å². The van der Waals surface area contributed by atoms with E-state index < -0.39 is 0 Å². The third kappa shape index (κ3) is 3.87. The number of hydrogen-bond donors (Lipinski definition) is 2. The molecule has 2 aromatic heterocycles. The molecule has 6 nitrogen and oxygen atoms in total. The molecule has 29 heavy (non-hydrogen) atoms. The van der Waals surface area contributed by atoms with Crippen LogP contribution in [0.25, 0.3) is 10.9 Å². The number of hydrogen-bond acceptors (Lipinski definition) is 4. The Hall–Kier alpha value is -3.54. The van der Waals surface area contributed by atoms with E-state index in [4.69, 9.17) is 4.52 Å². The molecule has 0 saturated carbocycles. The first-order chi connectivity index (χ1) is 14.0. The van der Waals surface area contributed by atoms with E-state index in [-0.39, 0.29) is 17.6 Å². The number of benzene rings is 2.